The molecule has 1 fully saturated rings. The van der Waals surface area contributed by atoms with Crippen LogP contribution < -0.4 is 5.32 Å². The Morgan fingerprint density at radius 2 is 2.20 bits per heavy atom. The van der Waals surface area contributed by atoms with Gasteiger partial charge >= 0.3 is 0 Å². The summed E-state index contributed by atoms with van der Waals surface area (Å²) in [6.07, 6.45) is 4.90. The molecule has 1 saturated carbocycles. The molecule has 1 aliphatic carbocycles. The first-order valence-corrected chi connectivity index (χ1v) is 6.23. The van der Waals surface area contributed by atoms with Crippen molar-refractivity contribution in [3.8, 4) is 0 Å². The zero-order valence-electron chi connectivity index (χ0n) is 9.03. The summed E-state index contributed by atoms with van der Waals surface area (Å²) < 4.78 is 5.00. The Kier molecular flexibility index (Phi) is 4.05. The molecule has 0 bridgehead atoms. The molecule has 0 unspecified atom stereocenters. The number of nitrogens with zero attached hydrogens (tertiary/aromatic N) is 2. The van der Waals surface area contributed by atoms with Crippen LogP contribution in [0.25, 0.3) is 0 Å². The minimum atomic E-state index is 0.581. The largest absolute Gasteiger partial charge is 0.377 e. The summed E-state index contributed by atoms with van der Waals surface area (Å²) in [7, 11) is 1.68. The number of aryl methyl sites for hydroxylation is 1. The lowest BCUT2D eigenvalue weighted by atomic mass is 10.3. The fourth-order valence-corrected chi connectivity index (χ4v) is 2.26. The van der Waals surface area contributed by atoms with E-state index in [1.54, 1.807) is 18.4 Å². The van der Waals surface area contributed by atoms with E-state index in [0.717, 1.165) is 35.4 Å². The van der Waals surface area contributed by atoms with Gasteiger partial charge in [0.25, 0.3) is 0 Å². The van der Waals surface area contributed by atoms with Crippen molar-refractivity contribution in [1.82, 2.24) is 15.5 Å². The highest BCUT2D eigenvalue weighted by Crippen LogP contribution is 2.18. The van der Waals surface area contributed by atoms with E-state index in [-0.39, 0.29) is 0 Å². The third kappa shape index (κ3) is 3.85. The average Bonchev–Trinajstić information content (AvgIpc) is 2.95. The number of rotatable bonds is 7. The van der Waals surface area contributed by atoms with Crippen molar-refractivity contribution in [3.63, 3.8) is 0 Å². The standard InChI is InChI=1S/C10H17N3OS/c1-14-7-10-13-12-9(15-10)3-2-6-11-8-4-5-8/h8,11H,2-7H2,1H3. The monoisotopic (exact) mass is 227 g/mol. The Labute approximate surface area is 94.1 Å². The van der Waals surface area contributed by atoms with Gasteiger partial charge in [0.2, 0.25) is 0 Å². The quantitative estimate of drug-likeness (QED) is 0.715. The van der Waals surface area contributed by atoms with Crippen LogP contribution in [0.1, 0.15) is 29.3 Å². The van der Waals surface area contributed by atoms with Gasteiger partial charge in [-0.05, 0) is 25.8 Å². The maximum absolute atomic E-state index is 5.00. The molecule has 4 nitrogen and oxygen atoms in total. The zero-order chi connectivity index (χ0) is 10.5. The molecule has 0 saturated heterocycles. The predicted octanol–water partition coefficient (Wildman–Crippen LogP) is 1.37. The smallest absolute Gasteiger partial charge is 0.143 e. The number of aromatic nitrogens is 2. The lowest BCUT2D eigenvalue weighted by Crippen LogP contribution is -2.17. The number of hydrogen-bond donors (Lipinski definition) is 1. The minimum absolute atomic E-state index is 0.581. The molecule has 2 rings (SSSR count). The first kappa shape index (κ1) is 11.0. The molecule has 0 spiro atoms. The fourth-order valence-electron chi connectivity index (χ4n) is 1.40. The van der Waals surface area contributed by atoms with Crippen LogP contribution in [0.4, 0.5) is 0 Å². The summed E-state index contributed by atoms with van der Waals surface area (Å²) in [5, 5.41) is 13.8. The van der Waals surface area contributed by atoms with Crippen molar-refractivity contribution in [2.75, 3.05) is 13.7 Å². The molecule has 0 atom stereocenters. The van der Waals surface area contributed by atoms with E-state index in [2.05, 4.69) is 15.5 Å². The highest BCUT2D eigenvalue weighted by atomic mass is 32.1. The summed E-state index contributed by atoms with van der Waals surface area (Å²) in [5.41, 5.74) is 0. The van der Waals surface area contributed by atoms with E-state index in [9.17, 15) is 0 Å². The van der Waals surface area contributed by atoms with Gasteiger partial charge in [-0.25, -0.2) is 0 Å². The summed E-state index contributed by atoms with van der Waals surface area (Å²) >= 11 is 1.66. The van der Waals surface area contributed by atoms with Crippen LogP contribution in [0.2, 0.25) is 0 Å². The van der Waals surface area contributed by atoms with Gasteiger partial charge < -0.3 is 10.1 Å². The zero-order valence-corrected chi connectivity index (χ0v) is 9.85. The van der Waals surface area contributed by atoms with E-state index in [0.29, 0.717) is 6.61 Å². The van der Waals surface area contributed by atoms with E-state index in [1.165, 1.54) is 12.8 Å². The molecule has 0 aromatic carbocycles. The molecule has 15 heavy (non-hydrogen) atoms. The fraction of sp³-hybridized carbons (Fsp3) is 0.800. The van der Waals surface area contributed by atoms with Crippen LogP contribution in [0.15, 0.2) is 0 Å². The summed E-state index contributed by atoms with van der Waals surface area (Å²) in [6.45, 7) is 1.68. The predicted molar refractivity (Wildman–Crippen MR) is 60.0 cm³/mol. The Bertz CT molecular complexity index is 299. The molecule has 5 heteroatoms. The average molecular weight is 227 g/mol. The van der Waals surface area contributed by atoms with Crippen LogP contribution in [-0.4, -0.2) is 29.9 Å². The minimum Gasteiger partial charge on any atom is -0.377 e. The topological polar surface area (TPSA) is 47.0 Å². The van der Waals surface area contributed by atoms with Gasteiger partial charge in [-0.3, -0.25) is 0 Å². The van der Waals surface area contributed by atoms with Crippen LogP contribution in [-0.2, 0) is 17.8 Å². The van der Waals surface area contributed by atoms with Crippen molar-refractivity contribution in [2.45, 2.75) is 38.3 Å². The summed E-state index contributed by atoms with van der Waals surface area (Å²) in [6, 6.07) is 0.809. The van der Waals surface area contributed by atoms with Gasteiger partial charge in [0.15, 0.2) is 0 Å². The van der Waals surface area contributed by atoms with Gasteiger partial charge in [0.1, 0.15) is 10.0 Å². The molecule has 1 N–H and O–H groups in total. The SMILES string of the molecule is COCc1nnc(CCCNC2CC2)s1. The molecular formula is C10H17N3OS. The molecule has 0 radical (unpaired) electrons. The number of hydrogen-bond acceptors (Lipinski definition) is 5. The molecular weight excluding hydrogens is 210 g/mol. The van der Waals surface area contributed by atoms with Crippen molar-refractivity contribution in [1.29, 1.82) is 0 Å². The van der Waals surface area contributed by atoms with Gasteiger partial charge in [-0.15, -0.1) is 10.2 Å². The van der Waals surface area contributed by atoms with Crippen LogP contribution in [0, 0.1) is 0 Å². The summed E-state index contributed by atoms with van der Waals surface area (Å²) in [4.78, 5) is 0. The van der Waals surface area contributed by atoms with E-state index in [1.807, 2.05) is 0 Å². The normalized spacial score (nSPS) is 15.8. The van der Waals surface area contributed by atoms with Crippen molar-refractivity contribution < 1.29 is 4.74 Å². The maximum Gasteiger partial charge on any atom is 0.143 e. The van der Waals surface area contributed by atoms with Gasteiger partial charge in [-0.2, -0.15) is 0 Å². The Hall–Kier alpha value is -0.520. The Morgan fingerprint density at radius 3 is 2.93 bits per heavy atom. The third-order valence-electron chi connectivity index (χ3n) is 2.35. The van der Waals surface area contributed by atoms with Gasteiger partial charge in [0, 0.05) is 19.6 Å². The van der Waals surface area contributed by atoms with Crippen LogP contribution >= 0.6 is 11.3 Å². The Balaban J connectivity index is 1.63. The highest BCUT2D eigenvalue weighted by molar-refractivity contribution is 7.11. The Morgan fingerprint density at radius 1 is 1.40 bits per heavy atom. The number of ether oxygens (including phenoxy) is 1. The van der Waals surface area contributed by atoms with Crippen molar-refractivity contribution in [3.05, 3.63) is 10.0 Å². The first-order chi connectivity index (χ1) is 7.38. The molecule has 1 aromatic heterocycles. The maximum atomic E-state index is 5.00. The molecule has 0 amide bonds. The molecule has 1 heterocycles. The highest BCUT2D eigenvalue weighted by Gasteiger charge is 2.19. The number of nitrogens with one attached hydrogen (secondary N) is 1. The molecule has 84 valence electrons. The van der Waals surface area contributed by atoms with E-state index in [4.69, 9.17) is 4.74 Å². The van der Waals surface area contributed by atoms with Crippen LogP contribution in [0.3, 0.4) is 0 Å². The lowest BCUT2D eigenvalue weighted by Gasteiger charge is -1.99. The van der Waals surface area contributed by atoms with Crippen LogP contribution in [0.5, 0.6) is 0 Å². The van der Waals surface area contributed by atoms with Crippen molar-refractivity contribution >= 4 is 11.3 Å². The lowest BCUT2D eigenvalue weighted by molar-refractivity contribution is 0.184. The van der Waals surface area contributed by atoms with Gasteiger partial charge in [-0.1, -0.05) is 11.3 Å². The number of methoxy groups -OCH3 is 1. The first-order valence-electron chi connectivity index (χ1n) is 5.42. The molecule has 1 aromatic rings. The van der Waals surface area contributed by atoms with E-state index < -0.39 is 0 Å². The van der Waals surface area contributed by atoms with Crippen molar-refractivity contribution in [2.24, 2.45) is 0 Å². The third-order valence-corrected chi connectivity index (χ3v) is 3.31. The summed E-state index contributed by atoms with van der Waals surface area (Å²) in [5.74, 6) is 0. The van der Waals surface area contributed by atoms with Gasteiger partial charge in [0.05, 0.1) is 6.61 Å². The molecule has 1 aliphatic rings. The second-order valence-corrected chi connectivity index (χ2v) is 5.00. The molecule has 0 aliphatic heterocycles. The second kappa shape index (κ2) is 5.53. The van der Waals surface area contributed by atoms with E-state index >= 15 is 0 Å². The second-order valence-electron chi connectivity index (χ2n) is 3.85.